The molecule has 0 aliphatic rings. The molecule has 0 aliphatic heterocycles. The molecule has 0 unspecified atom stereocenters. The van der Waals surface area contributed by atoms with Crippen molar-refractivity contribution in [1.29, 1.82) is 0 Å². The van der Waals surface area contributed by atoms with Crippen LogP contribution in [-0.4, -0.2) is 26.9 Å². The number of aryl methyl sites for hydroxylation is 1. The third-order valence-corrected chi connectivity index (χ3v) is 2.42. The van der Waals surface area contributed by atoms with Gasteiger partial charge in [0.15, 0.2) is 5.82 Å². The molecular formula is C11H12ClN3O. The topological polar surface area (TPSA) is 61.8 Å². The maximum absolute atomic E-state index is 8.71. The number of benzene rings is 1. The molecule has 0 aliphatic carbocycles. The third kappa shape index (κ3) is 2.59. The first-order chi connectivity index (χ1) is 7.79. The summed E-state index contributed by atoms with van der Waals surface area (Å²) in [6.45, 7) is 0.160. The Balaban J connectivity index is 2.18. The van der Waals surface area contributed by atoms with Crippen molar-refractivity contribution in [1.82, 2.24) is 15.2 Å². The Labute approximate surface area is 98.3 Å². The molecule has 0 bridgehead atoms. The second-order valence-electron chi connectivity index (χ2n) is 3.44. The molecule has 5 heteroatoms. The van der Waals surface area contributed by atoms with Crippen LogP contribution in [0, 0.1) is 0 Å². The van der Waals surface area contributed by atoms with E-state index in [2.05, 4.69) is 15.2 Å². The minimum atomic E-state index is 0.160. The zero-order valence-corrected chi connectivity index (χ0v) is 9.41. The van der Waals surface area contributed by atoms with Crippen LogP contribution in [0.5, 0.6) is 0 Å². The highest BCUT2D eigenvalue weighted by Gasteiger charge is 2.05. The lowest BCUT2D eigenvalue weighted by atomic mass is 10.2. The van der Waals surface area contributed by atoms with Crippen LogP contribution in [0.15, 0.2) is 24.3 Å². The van der Waals surface area contributed by atoms with Gasteiger partial charge in [-0.05, 0) is 18.6 Å². The van der Waals surface area contributed by atoms with E-state index in [0.29, 0.717) is 23.7 Å². The summed E-state index contributed by atoms with van der Waals surface area (Å²) in [4.78, 5) is 4.32. The largest absolute Gasteiger partial charge is 0.396 e. The van der Waals surface area contributed by atoms with Crippen molar-refractivity contribution in [3.05, 3.63) is 35.1 Å². The number of aliphatic hydroxyl groups is 1. The molecule has 16 heavy (non-hydrogen) atoms. The molecule has 0 saturated heterocycles. The molecule has 1 aromatic carbocycles. The van der Waals surface area contributed by atoms with E-state index in [1.807, 2.05) is 24.3 Å². The number of nitrogens with zero attached hydrogens (tertiary/aromatic N) is 2. The van der Waals surface area contributed by atoms with Crippen molar-refractivity contribution in [3.8, 4) is 11.4 Å². The van der Waals surface area contributed by atoms with E-state index < -0.39 is 0 Å². The van der Waals surface area contributed by atoms with E-state index in [4.69, 9.17) is 16.7 Å². The van der Waals surface area contributed by atoms with Crippen LogP contribution < -0.4 is 0 Å². The lowest BCUT2D eigenvalue weighted by Crippen LogP contribution is -1.91. The number of aromatic nitrogens is 3. The van der Waals surface area contributed by atoms with Crippen LogP contribution in [0.25, 0.3) is 11.4 Å². The zero-order chi connectivity index (χ0) is 11.4. The molecule has 2 rings (SSSR count). The smallest absolute Gasteiger partial charge is 0.181 e. The Kier molecular flexibility index (Phi) is 3.54. The number of halogens is 1. The van der Waals surface area contributed by atoms with Gasteiger partial charge in [0.2, 0.25) is 0 Å². The van der Waals surface area contributed by atoms with Gasteiger partial charge in [0.1, 0.15) is 5.82 Å². The van der Waals surface area contributed by atoms with E-state index in [1.54, 1.807) is 0 Å². The lowest BCUT2D eigenvalue weighted by molar-refractivity contribution is 0.287. The first-order valence-electron chi connectivity index (χ1n) is 5.07. The molecular weight excluding hydrogens is 226 g/mol. The highest BCUT2D eigenvalue weighted by Crippen LogP contribution is 2.19. The zero-order valence-electron chi connectivity index (χ0n) is 8.65. The molecule has 4 nitrogen and oxygen atoms in total. The van der Waals surface area contributed by atoms with E-state index >= 15 is 0 Å². The first kappa shape index (κ1) is 11.1. The van der Waals surface area contributed by atoms with Crippen LogP contribution in [0.2, 0.25) is 5.02 Å². The normalized spacial score (nSPS) is 10.6. The number of hydrogen-bond acceptors (Lipinski definition) is 3. The summed E-state index contributed by atoms with van der Waals surface area (Å²) in [5.74, 6) is 1.42. The number of nitrogens with one attached hydrogen (secondary N) is 1. The molecule has 2 N–H and O–H groups in total. The van der Waals surface area contributed by atoms with Gasteiger partial charge in [-0.2, -0.15) is 5.10 Å². The van der Waals surface area contributed by atoms with Crippen LogP contribution in [-0.2, 0) is 6.42 Å². The molecule has 0 fully saturated rings. The van der Waals surface area contributed by atoms with Gasteiger partial charge in [0.05, 0.1) is 0 Å². The monoisotopic (exact) mass is 237 g/mol. The number of H-pyrrole nitrogens is 1. The highest BCUT2D eigenvalue weighted by atomic mass is 35.5. The Hall–Kier alpha value is -1.39. The van der Waals surface area contributed by atoms with Crippen molar-refractivity contribution in [2.45, 2.75) is 12.8 Å². The molecule has 2 aromatic rings. The number of hydrogen-bond donors (Lipinski definition) is 2. The second kappa shape index (κ2) is 5.09. The van der Waals surface area contributed by atoms with Gasteiger partial charge in [-0.25, -0.2) is 4.98 Å². The third-order valence-electron chi connectivity index (χ3n) is 2.19. The van der Waals surface area contributed by atoms with Crippen molar-refractivity contribution >= 4 is 11.6 Å². The molecule has 84 valence electrons. The van der Waals surface area contributed by atoms with Gasteiger partial charge < -0.3 is 5.11 Å². The molecule has 0 atom stereocenters. The first-order valence-corrected chi connectivity index (χ1v) is 5.45. The van der Waals surface area contributed by atoms with Gasteiger partial charge in [-0.15, -0.1) is 0 Å². The van der Waals surface area contributed by atoms with Gasteiger partial charge in [-0.3, -0.25) is 5.10 Å². The van der Waals surface area contributed by atoms with E-state index in [0.717, 1.165) is 11.4 Å². The maximum atomic E-state index is 8.71. The van der Waals surface area contributed by atoms with Crippen molar-refractivity contribution < 1.29 is 5.11 Å². The van der Waals surface area contributed by atoms with Crippen LogP contribution >= 0.6 is 11.6 Å². The Morgan fingerprint density at radius 1 is 1.38 bits per heavy atom. The molecule has 1 heterocycles. The minimum absolute atomic E-state index is 0.160. The summed E-state index contributed by atoms with van der Waals surface area (Å²) >= 11 is 5.89. The van der Waals surface area contributed by atoms with E-state index in [1.165, 1.54) is 0 Å². The molecule has 1 aromatic heterocycles. The van der Waals surface area contributed by atoms with Crippen molar-refractivity contribution in [3.63, 3.8) is 0 Å². The van der Waals surface area contributed by atoms with E-state index in [-0.39, 0.29) is 6.61 Å². The summed E-state index contributed by atoms with van der Waals surface area (Å²) in [5, 5.41) is 16.3. The summed E-state index contributed by atoms with van der Waals surface area (Å²) < 4.78 is 0. The fourth-order valence-electron chi connectivity index (χ4n) is 1.41. The fraction of sp³-hybridized carbons (Fsp3) is 0.273. The summed E-state index contributed by atoms with van der Waals surface area (Å²) in [5.41, 5.74) is 0.888. The molecule has 0 spiro atoms. The summed E-state index contributed by atoms with van der Waals surface area (Å²) in [6.07, 6.45) is 1.38. The molecule has 0 amide bonds. The molecule has 0 radical (unpaired) electrons. The predicted molar refractivity (Wildman–Crippen MR) is 62.2 cm³/mol. The number of aliphatic hydroxyl groups excluding tert-OH is 1. The minimum Gasteiger partial charge on any atom is -0.396 e. The van der Waals surface area contributed by atoms with Gasteiger partial charge in [-0.1, -0.05) is 23.7 Å². The summed E-state index contributed by atoms with van der Waals surface area (Å²) in [6, 6.07) is 7.40. The van der Waals surface area contributed by atoms with Gasteiger partial charge in [0, 0.05) is 23.6 Å². The van der Waals surface area contributed by atoms with Gasteiger partial charge >= 0.3 is 0 Å². The number of aromatic amines is 1. The predicted octanol–water partition coefficient (Wildman–Crippen LogP) is 2.05. The standard InChI is InChI=1S/C11H12ClN3O/c12-9-4-1-3-8(7-9)11-13-10(14-15-11)5-2-6-16/h1,3-4,7,16H,2,5-6H2,(H,13,14,15). The molecule has 0 saturated carbocycles. The summed E-state index contributed by atoms with van der Waals surface area (Å²) in [7, 11) is 0. The van der Waals surface area contributed by atoms with Crippen LogP contribution in [0.3, 0.4) is 0 Å². The average Bonchev–Trinajstić information content (AvgIpc) is 2.75. The van der Waals surface area contributed by atoms with Crippen molar-refractivity contribution in [2.75, 3.05) is 6.61 Å². The maximum Gasteiger partial charge on any atom is 0.181 e. The Morgan fingerprint density at radius 2 is 2.25 bits per heavy atom. The Bertz CT molecular complexity index is 470. The SMILES string of the molecule is OCCCc1nc(-c2cccc(Cl)c2)n[nH]1. The van der Waals surface area contributed by atoms with Crippen LogP contribution in [0.1, 0.15) is 12.2 Å². The van der Waals surface area contributed by atoms with Crippen LogP contribution in [0.4, 0.5) is 0 Å². The van der Waals surface area contributed by atoms with Crippen molar-refractivity contribution in [2.24, 2.45) is 0 Å². The highest BCUT2D eigenvalue weighted by molar-refractivity contribution is 6.30. The van der Waals surface area contributed by atoms with Gasteiger partial charge in [0.25, 0.3) is 0 Å². The van der Waals surface area contributed by atoms with E-state index in [9.17, 15) is 0 Å². The quantitative estimate of drug-likeness (QED) is 0.856. The Morgan fingerprint density at radius 3 is 3.00 bits per heavy atom. The fourth-order valence-corrected chi connectivity index (χ4v) is 1.60. The lowest BCUT2D eigenvalue weighted by Gasteiger charge is -1.94. The second-order valence-corrected chi connectivity index (χ2v) is 3.88. The number of rotatable bonds is 4. The average molecular weight is 238 g/mol.